The van der Waals surface area contributed by atoms with Crippen LogP contribution in [0.4, 0.5) is 5.69 Å². The van der Waals surface area contributed by atoms with E-state index in [0.717, 1.165) is 25.1 Å². The Morgan fingerprint density at radius 1 is 1.05 bits per heavy atom. The van der Waals surface area contributed by atoms with E-state index in [2.05, 4.69) is 43.0 Å². The molecule has 0 aromatic heterocycles. The van der Waals surface area contributed by atoms with Crippen molar-refractivity contribution in [2.24, 2.45) is 5.41 Å². The van der Waals surface area contributed by atoms with Crippen LogP contribution in [0.15, 0.2) is 24.3 Å². The predicted molar refractivity (Wildman–Crippen MR) is 86.2 cm³/mol. The number of nitrogens with zero attached hydrogens (tertiary/aromatic N) is 1. The molecule has 0 unspecified atom stereocenters. The second kappa shape index (κ2) is 6.62. The second-order valence-electron chi connectivity index (χ2n) is 6.21. The lowest BCUT2D eigenvalue weighted by Crippen LogP contribution is -2.39. The Hall–Kier alpha value is -1.02. The summed E-state index contributed by atoms with van der Waals surface area (Å²) in [7, 11) is 0. The van der Waals surface area contributed by atoms with Crippen LogP contribution in [-0.2, 0) is 0 Å². The minimum atomic E-state index is -0.321. The molecule has 2 rings (SSSR count). The highest BCUT2D eigenvalue weighted by atomic mass is 16.3. The summed E-state index contributed by atoms with van der Waals surface area (Å²) in [5.41, 5.74) is 2.91. The van der Waals surface area contributed by atoms with Crippen molar-refractivity contribution in [1.29, 1.82) is 0 Å². The maximum atomic E-state index is 9.85. The number of hydrogen-bond donors (Lipinski definition) is 1. The van der Waals surface area contributed by atoms with Crippen molar-refractivity contribution in [2.75, 3.05) is 18.0 Å². The van der Waals surface area contributed by atoms with Crippen LogP contribution >= 0.6 is 0 Å². The number of aliphatic hydroxyl groups excluding tert-OH is 1. The molecule has 1 atom stereocenters. The SMILES string of the molecule is CC[C@@H](O)c1ccc(N2CCC(CC)(CC)CC2)cc1. The summed E-state index contributed by atoms with van der Waals surface area (Å²) in [5, 5.41) is 9.85. The lowest BCUT2D eigenvalue weighted by Gasteiger charge is -2.42. The fourth-order valence-corrected chi connectivity index (χ4v) is 3.34. The summed E-state index contributed by atoms with van der Waals surface area (Å²) in [6, 6.07) is 8.48. The van der Waals surface area contributed by atoms with Gasteiger partial charge in [-0.15, -0.1) is 0 Å². The van der Waals surface area contributed by atoms with Gasteiger partial charge < -0.3 is 10.0 Å². The lowest BCUT2D eigenvalue weighted by molar-refractivity contribution is 0.173. The van der Waals surface area contributed by atoms with Crippen molar-refractivity contribution in [1.82, 2.24) is 0 Å². The average Bonchev–Trinajstić information content (AvgIpc) is 2.54. The van der Waals surface area contributed by atoms with E-state index in [9.17, 15) is 5.11 Å². The molecule has 1 aromatic rings. The molecule has 0 saturated carbocycles. The van der Waals surface area contributed by atoms with E-state index in [0.29, 0.717) is 5.41 Å². The molecule has 20 heavy (non-hydrogen) atoms. The third kappa shape index (κ3) is 3.17. The van der Waals surface area contributed by atoms with E-state index in [-0.39, 0.29) is 6.10 Å². The molecule has 2 nitrogen and oxygen atoms in total. The van der Waals surface area contributed by atoms with E-state index in [1.807, 2.05) is 6.92 Å². The van der Waals surface area contributed by atoms with Gasteiger partial charge in [0.15, 0.2) is 0 Å². The van der Waals surface area contributed by atoms with Crippen LogP contribution in [0.5, 0.6) is 0 Å². The fourth-order valence-electron chi connectivity index (χ4n) is 3.34. The van der Waals surface area contributed by atoms with Crippen molar-refractivity contribution < 1.29 is 5.11 Å². The van der Waals surface area contributed by atoms with Gasteiger partial charge in [0.1, 0.15) is 0 Å². The van der Waals surface area contributed by atoms with Gasteiger partial charge in [-0.05, 0) is 42.4 Å². The third-order valence-corrected chi connectivity index (χ3v) is 5.35. The zero-order valence-electron chi connectivity index (χ0n) is 13.2. The number of hydrogen-bond acceptors (Lipinski definition) is 2. The number of benzene rings is 1. The Kier molecular flexibility index (Phi) is 5.09. The standard InChI is InChI=1S/C18H29NO/c1-4-17(20)15-7-9-16(10-8-15)19-13-11-18(5-2,6-3)12-14-19/h7-10,17,20H,4-6,11-14H2,1-3H3/t17-/m1/s1. The van der Waals surface area contributed by atoms with Crippen LogP contribution in [0.25, 0.3) is 0 Å². The average molecular weight is 275 g/mol. The van der Waals surface area contributed by atoms with Crippen LogP contribution in [-0.4, -0.2) is 18.2 Å². The molecule has 0 bridgehead atoms. The smallest absolute Gasteiger partial charge is 0.0787 e. The van der Waals surface area contributed by atoms with Gasteiger partial charge in [-0.2, -0.15) is 0 Å². The molecule has 1 aromatic carbocycles. The topological polar surface area (TPSA) is 23.5 Å². The highest BCUT2D eigenvalue weighted by molar-refractivity contribution is 5.48. The van der Waals surface area contributed by atoms with Gasteiger partial charge in [0.05, 0.1) is 6.10 Å². The molecule has 0 spiro atoms. The molecule has 1 heterocycles. The van der Waals surface area contributed by atoms with E-state index in [1.165, 1.54) is 31.4 Å². The summed E-state index contributed by atoms with van der Waals surface area (Å²) in [6.07, 6.45) is 5.67. The maximum absolute atomic E-state index is 9.85. The first kappa shape index (κ1) is 15.4. The maximum Gasteiger partial charge on any atom is 0.0787 e. The van der Waals surface area contributed by atoms with Gasteiger partial charge in [0.25, 0.3) is 0 Å². The number of aliphatic hydroxyl groups is 1. The first-order valence-electron chi connectivity index (χ1n) is 8.17. The Bertz CT molecular complexity index is 398. The summed E-state index contributed by atoms with van der Waals surface area (Å²) in [6.45, 7) is 9.01. The van der Waals surface area contributed by atoms with E-state index >= 15 is 0 Å². The monoisotopic (exact) mass is 275 g/mol. The van der Waals surface area contributed by atoms with E-state index < -0.39 is 0 Å². The first-order valence-corrected chi connectivity index (χ1v) is 8.17. The summed E-state index contributed by atoms with van der Waals surface area (Å²) >= 11 is 0. The summed E-state index contributed by atoms with van der Waals surface area (Å²) < 4.78 is 0. The molecule has 1 fully saturated rings. The molecule has 1 aliphatic heterocycles. The van der Waals surface area contributed by atoms with Crippen LogP contribution in [0, 0.1) is 5.41 Å². The molecule has 0 radical (unpaired) electrons. The zero-order valence-corrected chi connectivity index (χ0v) is 13.2. The van der Waals surface area contributed by atoms with Crippen LogP contribution in [0.3, 0.4) is 0 Å². The fraction of sp³-hybridized carbons (Fsp3) is 0.667. The van der Waals surface area contributed by atoms with Crippen molar-refractivity contribution in [3.8, 4) is 0 Å². The Morgan fingerprint density at radius 3 is 2.05 bits per heavy atom. The molecule has 1 aliphatic rings. The number of piperidine rings is 1. The van der Waals surface area contributed by atoms with Crippen molar-refractivity contribution in [2.45, 2.75) is 59.0 Å². The van der Waals surface area contributed by atoms with Crippen molar-refractivity contribution in [3.05, 3.63) is 29.8 Å². The van der Waals surface area contributed by atoms with Gasteiger partial charge >= 0.3 is 0 Å². The summed E-state index contributed by atoms with van der Waals surface area (Å²) in [5.74, 6) is 0. The molecule has 112 valence electrons. The zero-order chi connectivity index (χ0) is 14.6. The van der Waals surface area contributed by atoms with E-state index in [1.54, 1.807) is 0 Å². The van der Waals surface area contributed by atoms with Crippen LogP contribution < -0.4 is 4.90 Å². The molecule has 1 N–H and O–H groups in total. The number of anilines is 1. The largest absolute Gasteiger partial charge is 0.388 e. The molecule has 0 amide bonds. The minimum absolute atomic E-state index is 0.321. The van der Waals surface area contributed by atoms with Gasteiger partial charge in [-0.3, -0.25) is 0 Å². The highest BCUT2D eigenvalue weighted by Gasteiger charge is 2.31. The number of rotatable bonds is 5. The first-order chi connectivity index (χ1) is 9.64. The van der Waals surface area contributed by atoms with E-state index in [4.69, 9.17) is 0 Å². The Labute approximate surface area is 123 Å². The molecule has 0 aliphatic carbocycles. The van der Waals surface area contributed by atoms with Gasteiger partial charge in [0, 0.05) is 18.8 Å². The minimum Gasteiger partial charge on any atom is -0.388 e. The molecular weight excluding hydrogens is 246 g/mol. The van der Waals surface area contributed by atoms with Gasteiger partial charge in [-0.1, -0.05) is 45.7 Å². The quantitative estimate of drug-likeness (QED) is 0.853. The van der Waals surface area contributed by atoms with Crippen LogP contribution in [0.1, 0.15) is 64.5 Å². The van der Waals surface area contributed by atoms with Gasteiger partial charge in [0.2, 0.25) is 0 Å². The van der Waals surface area contributed by atoms with Crippen molar-refractivity contribution in [3.63, 3.8) is 0 Å². The summed E-state index contributed by atoms with van der Waals surface area (Å²) in [4.78, 5) is 2.49. The van der Waals surface area contributed by atoms with Crippen molar-refractivity contribution >= 4 is 5.69 Å². The normalized spacial score (nSPS) is 19.9. The molecule has 1 saturated heterocycles. The lowest BCUT2D eigenvalue weighted by atomic mass is 9.74. The molecule has 2 heteroatoms. The second-order valence-corrected chi connectivity index (χ2v) is 6.21. The molecular formula is C18H29NO. The Balaban J connectivity index is 2.00. The Morgan fingerprint density at radius 2 is 1.60 bits per heavy atom. The van der Waals surface area contributed by atoms with Gasteiger partial charge in [-0.25, -0.2) is 0 Å². The predicted octanol–water partition coefficient (Wildman–Crippen LogP) is 4.54. The van der Waals surface area contributed by atoms with Crippen LogP contribution in [0.2, 0.25) is 0 Å². The third-order valence-electron chi connectivity index (χ3n) is 5.35. The highest BCUT2D eigenvalue weighted by Crippen LogP contribution is 2.39.